The number of nitrogens with two attached hydrogens (primary N) is 1. The van der Waals surface area contributed by atoms with Crippen LogP contribution in [0.2, 0.25) is 0 Å². The number of H-pyrrole nitrogens is 1. The van der Waals surface area contributed by atoms with Crippen LogP contribution in [0, 0.1) is 6.92 Å². The molecule has 94 valence electrons. The molecule has 1 heterocycles. The molecule has 8 nitrogen and oxygen atoms in total. The number of carbonyl (C=O) groups excluding carboxylic acids is 1. The summed E-state index contributed by atoms with van der Waals surface area (Å²) in [6.45, 7) is 5.60. The molecular formula is C9H17N6O2+. The van der Waals surface area contributed by atoms with Gasteiger partial charge in [0.15, 0.2) is 0 Å². The Hall–Kier alpha value is -2.12. The van der Waals surface area contributed by atoms with Crippen LogP contribution < -0.4 is 15.9 Å². The summed E-state index contributed by atoms with van der Waals surface area (Å²) in [5, 5.41) is 10.5. The van der Waals surface area contributed by atoms with Crippen molar-refractivity contribution in [3.63, 3.8) is 0 Å². The second-order valence-electron chi connectivity index (χ2n) is 3.44. The molecule has 0 amide bonds. The van der Waals surface area contributed by atoms with Gasteiger partial charge in [0, 0.05) is 12.0 Å². The van der Waals surface area contributed by atoms with Gasteiger partial charge in [-0.05, 0) is 13.8 Å². The summed E-state index contributed by atoms with van der Waals surface area (Å²) in [6.07, 6.45) is 0.134. The summed E-state index contributed by atoms with van der Waals surface area (Å²) >= 11 is 0. The quantitative estimate of drug-likeness (QED) is 0.211. The largest absolute Gasteiger partial charge is 0.466 e. The van der Waals surface area contributed by atoms with Crippen molar-refractivity contribution in [1.82, 2.24) is 10.2 Å². The van der Waals surface area contributed by atoms with Crippen LogP contribution in [0.5, 0.6) is 0 Å². The fourth-order valence-corrected chi connectivity index (χ4v) is 1.09. The first-order chi connectivity index (χ1) is 8.04. The Morgan fingerprint density at radius 1 is 1.71 bits per heavy atom. The van der Waals surface area contributed by atoms with E-state index in [1.165, 1.54) is 4.68 Å². The van der Waals surface area contributed by atoms with Crippen LogP contribution in [0.3, 0.4) is 0 Å². The predicted molar refractivity (Wildman–Crippen MR) is 61.7 cm³/mol. The Labute approximate surface area is 98.8 Å². The number of hydrogen-bond donors (Lipinski definition) is 3. The third kappa shape index (κ3) is 3.74. The van der Waals surface area contributed by atoms with Crippen LogP contribution in [0.15, 0.2) is 5.10 Å². The van der Waals surface area contributed by atoms with Gasteiger partial charge in [-0.1, -0.05) is 0 Å². The second-order valence-corrected chi connectivity index (χ2v) is 3.44. The number of carbonyl (C=O) groups is 1. The first-order valence-corrected chi connectivity index (χ1v) is 5.21. The summed E-state index contributed by atoms with van der Waals surface area (Å²) < 4.78 is 6.11. The van der Waals surface area contributed by atoms with E-state index in [9.17, 15) is 4.79 Å². The molecule has 0 saturated carbocycles. The van der Waals surface area contributed by atoms with E-state index in [0.29, 0.717) is 24.1 Å². The Morgan fingerprint density at radius 3 is 2.94 bits per heavy atom. The Balaban J connectivity index is 2.53. The van der Waals surface area contributed by atoms with Crippen molar-refractivity contribution >= 4 is 17.6 Å². The lowest BCUT2D eigenvalue weighted by molar-refractivity contribution is -0.631. The van der Waals surface area contributed by atoms with Crippen molar-refractivity contribution in [1.29, 1.82) is 0 Å². The number of aryl methyl sites for hydroxylation is 1. The van der Waals surface area contributed by atoms with Crippen molar-refractivity contribution in [3.05, 3.63) is 5.82 Å². The van der Waals surface area contributed by atoms with Crippen molar-refractivity contribution in [3.8, 4) is 0 Å². The van der Waals surface area contributed by atoms with E-state index in [2.05, 4.69) is 20.7 Å². The number of anilines is 1. The molecule has 0 bridgehead atoms. The summed E-state index contributed by atoms with van der Waals surface area (Å²) in [7, 11) is 0. The molecule has 0 aromatic carbocycles. The minimum atomic E-state index is -0.311. The van der Waals surface area contributed by atoms with Gasteiger partial charge in [0.05, 0.1) is 18.7 Å². The van der Waals surface area contributed by atoms with E-state index in [4.69, 9.17) is 10.6 Å². The Morgan fingerprint density at radius 2 is 2.41 bits per heavy atom. The normalized spacial score (nSPS) is 11.4. The lowest BCUT2D eigenvalue weighted by Crippen LogP contribution is -2.47. The third-order valence-corrected chi connectivity index (χ3v) is 1.97. The smallest absolute Gasteiger partial charge is 0.421 e. The number of esters is 1. The second kappa shape index (κ2) is 5.83. The highest BCUT2D eigenvalue weighted by Crippen LogP contribution is 1.95. The highest BCUT2D eigenvalue weighted by molar-refractivity contribution is 5.97. The van der Waals surface area contributed by atoms with Crippen molar-refractivity contribution < 1.29 is 14.2 Å². The van der Waals surface area contributed by atoms with Gasteiger partial charge in [-0.2, -0.15) is 10.5 Å². The van der Waals surface area contributed by atoms with Gasteiger partial charge in [-0.3, -0.25) is 10.6 Å². The number of nitrogens with zero attached hydrogens (tertiary/aromatic N) is 3. The lowest BCUT2D eigenvalue weighted by Gasteiger charge is -2.00. The zero-order valence-corrected chi connectivity index (χ0v) is 10.1. The molecule has 0 fully saturated rings. The average Bonchev–Trinajstić information content (AvgIpc) is 2.57. The molecule has 4 N–H and O–H groups in total. The van der Waals surface area contributed by atoms with Gasteiger partial charge < -0.3 is 4.74 Å². The number of ether oxygens (including phenoxy) is 1. The van der Waals surface area contributed by atoms with E-state index in [0.717, 1.165) is 0 Å². The van der Waals surface area contributed by atoms with Gasteiger partial charge in [0.2, 0.25) is 5.82 Å². The average molecular weight is 241 g/mol. The molecule has 0 radical (unpaired) electrons. The van der Waals surface area contributed by atoms with E-state index in [1.807, 2.05) is 0 Å². The summed E-state index contributed by atoms with van der Waals surface area (Å²) in [6, 6.07) is 0. The van der Waals surface area contributed by atoms with Crippen LogP contribution in [0.1, 0.15) is 26.1 Å². The van der Waals surface area contributed by atoms with Gasteiger partial charge in [-0.15, -0.1) is 9.78 Å². The molecule has 17 heavy (non-hydrogen) atoms. The Bertz CT molecular complexity index is 425. The van der Waals surface area contributed by atoms with Gasteiger partial charge in [0.1, 0.15) is 0 Å². The summed E-state index contributed by atoms with van der Waals surface area (Å²) in [4.78, 5) is 11.2. The van der Waals surface area contributed by atoms with Crippen molar-refractivity contribution in [2.75, 3.05) is 17.9 Å². The number of nitrogens with one attached hydrogen (secondary N) is 2. The molecule has 0 saturated heterocycles. The van der Waals surface area contributed by atoms with Crippen molar-refractivity contribution in [2.24, 2.45) is 5.10 Å². The maximum absolute atomic E-state index is 11.2. The zero-order chi connectivity index (χ0) is 12.8. The SMILES string of the molecule is CCOC(=O)C/C(C)=N/Nc1n[nH]c(C)[n+]1N. The fraction of sp³-hybridized carbons (Fsp3) is 0.556. The first-order valence-electron chi connectivity index (χ1n) is 5.21. The number of aromatic nitrogens is 3. The molecule has 0 spiro atoms. The lowest BCUT2D eigenvalue weighted by atomic mass is 10.3. The monoisotopic (exact) mass is 241 g/mol. The van der Waals surface area contributed by atoms with E-state index in [-0.39, 0.29) is 12.4 Å². The van der Waals surface area contributed by atoms with Crippen LogP contribution in [-0.2, 0) is 9.53 Å². The topological polar surface area (TPSA) is 109 Å². The molecule has 1 aromatic heterocycles. The Kier molecular flexibility index (Phi) is 4.44. The summed E-state index contributed by atoms with van der Waals surface area (Å²) in [5.41, 5.74) is 3.24. The third-order valence-electron chi connectivity index (χ3n) is 1.97. The van der Waals surface area contributed by atoms with E-state index in [1.54, 1.807) is 20.8 Å². The number of hydrazone groups is 1. The highest BCUT2D eigenvalue weighted by atomic mass is 16.5. The standard InChI is InChI=1S/C9H16N6O2/c1-4-17-8(16)5-6(2)11-13-9-14-12-7(3)15(9)10/h4-5,10H2,1-3H3,(H,13,14)/p+1/b11-6+. The van der Waals surface area contributed by atoms with Gasteiger partial charge in [-0.25, -0.2) is 0 Å². The van der Waals surface area contributed by atoms with E-state index >= 15 is 0 Å². The molecule has 1 rings (SSSR count). The highest BCUT2D eigenvalue weighted by Gasteiger charge is 2.13. The van der Waals surface area contributed by atoms with Crippen LogP contribution in [0.25, 0.3) is 0 Å². The minimum Gasteiger partial charge on any atom is -0.466 e. The molecule has 0 atom stereocenters. The van der Waals surface area contributed by atoms with Gasteiger partial charge >= 0.3 is 11.9 Å². The molecule has 0 aliphatic carbocycles. The van der Waals surface area contributed by atoms with Crippen LogP contribution in [0.4, 0.5) is 5.95 Å². The number of aromatic amines is 1. The maximum Gasteiger partial charge on any atom is 0.421 e. The first kappa shape index (κ1) is 12.9. The van der Waals surface area contributed by atoms with E-state index < -0.39 is 0 Å². The number of hydrogen-bond acceptors (Lipinski definition) is 6. The van der Waals surface area contributed by atoms with Gasteiger partial charge in [0.25, 0.3) is 0 Å². The zero-order valence-electron chi connectivity index (χ0n) is 10.1. The molecule has 0 aliphatic rings. The molecule has 8 heteroatoms. The van der Waals surface area contributed by atoms with Crippen LogP contribution in [-0.4, -0.2) is 28.5 Å². The molecule has 0 unspecified atom stereocenters. The minimum absolute atomic E-state index is 0.134. The number of nitrogen functional groups attached to an aromatic ring is 1. The van der Waals surface area contributed by atoms with Crippen molar-refractivity contribution in [2.45, 2.75) is 27.2 Å². The number of rotatable bonds is 5. The predicted octanol–water partition coefficient (Wildman–Crippen LogP) is -0.540. The molecule has 1 aromatic rings. The molecular weight excluding hydrogens is 224 g/mol. The fourth-order valence-electron chi connectivity index (χ4n) is 1.09. The van der Waals surface area contributed by atoms with Crippen LogP contribution >= 0.6 is 0 Å². The maximum atomic E-state index is 11.2. The molecule has 0 aliphatic heterocycles. The summed E-state index contributed by atoms with van der Waals surface area (Å²) in [5.74, 6) is 6.38.